The van der Waals surface area contributed by atoms with Crippen LogP contribution in [0.5, 0.6) is 0 Å². The zero-order valence-corrected chi connectivity index (χ0v) is 28.8. The zero-order valence-electron chi connectivity index (χ0n) is 27.2. The molecule has 0 N–H and O–H groups in total. The number of fused-ring (bicyclic) bond motifs is 2. The molecule has 5 rings (SSSR count). The van der Waals surface area contributed by atoms with E-state index in [1.165, 1.54) is 16.7 Å². The molecule has 0 fully saturated rings. The van der Waals surface area contributed by atoms with Crippen LogP contribution in [-0.4, -0.2) is 41.5 Å². The lowest BCUT2D eigenvalue weighted by atomic mass is 10.1. The van der Waals surface area contributed by atoms with E-state index in [0.29, 0.717) is 30.4 Å². The smallest absolute Gasteiger partial charge is 0.334 e. The largest absolute Gasteiger partial charge is 0.417 e. The van der Waals surface area contributed by atoms with Gasteiger partial charge in [-0.3, -0.25) is 4.79 Å². The first kappa shape index (κ1) is 34.9. The third-order valence-corrected chi connectivity index (χ3v) is 10.8. The van der Waals surface area contributed by atoms with Crippen molar-refractivity contribution in [1.82, 2.24) is 4.90 Å². The average Bonchev–Trinajstić information content (AvgIpc) is 3.38. The van der Waals surface area contributed by atoms with Crippen molar-refractivity contribution in [2.45, 2.75) is 59.8 Å². The third-order valence-electron chi connectivity index (χ3n) is 9.16. The van der Waals surface area contributed by atoms with Gasteiger partial charge in [0.1, 0.15) is 17.2 Å². The van der Waals surface area contributed by atoms with E-state index in [0.717, 1.165) is 59.5 Å². The molecule has 1 aromatic heterocycles. The molecule has 248 valence electrons. The first-order valence-corrected chi connectivity index (χ1v) is 17.2. The molecule has 47 heavy (non-hydrogen) atoms. The van der Waals surface area contributed by atoms with E-state index in [2.05, 4.69) is 45.9 Å². The van der Waals surface area contributed by atoms with E-state index in [9.17, 15) is 22.4 Å². The normalized spacial score (nSPS) is 12.3. The fourth-order valence-electron chi connectivity index (χ4n) is 6.60. The molecule has 4 aromatic carbocycles. The average molecular weight is 684 g/mol. The highest BCUT2D eigenvalue weighted by atomic mass is 35.5. The predicted octanol–water partition coefficient (Wildman–Crippen LogP) is 11.0. The van der Waals surface area contributed by atoms with E-state index in [1.807, 2.05) is 42.5 Å². The Morgan fingerprint density at radius 3 is 2.21 bits per heavy atom. The second-order valence-electron chi connectivity index (χ2n) is 12.5. The Kier molecular flexibility index (Phi) is 10.6. The van der Waals surface area contributed by atoms with E-state index in [4.69, 9.17) is 11.6 Å². The van der Waals surface area contributed by atoms with Gasteiger partial charge in [-0.05, 0) is 75.1 Å². The number of aryl methyl sites for hydroxylation is 2. The van der Waals surface area contributed by atoms with Crippen LogP contribution in [0.3, 0.4) is 0 Å². The van der Waals surface area contributed by atoms with Crippen LogP contribution < -0.4 is 0 Å². The quantitative estimate of drug-likeness (QED) is 0.0728. The summed E-state index contributed by atoms with van der Waals surface area (Å²) in [5.74, 6) is -1.34. The summed E-state index contributed by atoms with van der Waals surface area (Å²) in [6, 6.07) is 22.0. The Labute approximate surface area is 283 Å². The number of carbonyl (C=O) groups is 1. The predicted molar refractivity (Wildman–Crippen MR) is 186 cm³/mol. The summed E-state index contributed by atoms with van der Waals surface area (Å²) >= 11 is 7.20. The van der Waals surface area contributed by atoms with Crippen molar-refractivity contribution in [3.05, 3.63) is 116 Å². The van der Waals surface area contributed by atoms with Gasteiger partial charge < -0.3 is 9.38 Å². The minimum Gasteiger partial charge on any atom is -0.334 e. The summed E-state index contributed by atoms with van der Waals surface area (Å²) < 4.78 is 57.1. The lowest BCUT2D eigenvalue weighted by Crippen LogP contribution is -2.47. The van der Waals surface area contributed by atoms with Crippen LogP contribution in [0, 0.1) is 19.7 Å². The molecule has 0 unspecified atom stereocenters. The minimum atomic E-state index is -4.75. The van der Waals surface area contributed by atoms with Crippen molar-refractivity contribution in [3.63, 3.8) is 0 Å². The summed E-state index contributed by atoms with van der Waals surface area (Å²) in [5.41, 5.74) is 3.64. The van der Waals surface area contributed by atoms with Gasteiger partial charge in [-0.2, -0.15) is 13.2 Å². The summed E-state index contributed by atoms with van der Waals surface area (Å²) in [7, 11) is 0. The molecule has 0 aliphatic rings. The second kappa shape index (κ2) is 14.3. The maximum absolute atomic E-state index is 14.8. The number of rotatable bonds is 12. The molecule has 0 aliphatic carbocycles. The molecule has 3 nitrogen and oxygen atoms in total. The van der Waals surface area contributed by atoms with Gasteiger partial charge in [0.15, 0.2) is 0 Å². The van der Waals surface area contributed by atoms with Crippen LogP contribution in [0.25, 0.3) is 20.9 Å². The van der Waals surface area contributed by atoms with Crippen LogP contribution in [0.4, 0.5) is 17.6 Å². The van der Waals surface area contributed by atoms with Gasteiger partial charge in [-0.1, -0.05) is 77.3 Å². The summed E-state index contributed by atoms with van der Waals surface area (Å²) in [5, 5.41) is 1.27. The van der Waals surface area contributed by atoms with Gasteiger partial charge in [0.2, 0.25) is 0 Å². The van der Waals surface area contributed by atoms with E-state index < -0.39 is 28.9 Å². The Morgan fingerprint density at radius 2 is 1.55 bits per heavy atom. The van der Waals surface area contributed by atoms with Crippen molar-refractivity contribution >= 4 is 49.7 Å². The van der Waals surface area contributed by atoms with Gasteiger partial charge in [-0.15, -0.1) is 11.3 Å². The number of hydrogen-bond acceptors (Lipinski definition) is 2. The molecular weight excluding hydrogens is 644 g/mol. The van der Waals surface area contributed by atoms with Crippen LogP contribution >= 0.6 is 22.9 Å². The van der Waals surface area contributed by atoms with Crippen molar-refractivity contribution in [2.75, 3.05) is 26.2 Å². The maximum atomic E-state index is 14.8. The Bertz CT molecular complexity index is 1880. The van der Waals surface area contributed by atoms with Crippen molar-refractivity contribution in [3.8, 4) is 0 Å². The van der Waals surface area contributed by atoms with E-state index >= 15 is 0 Å². The number of hydrogen-bond donors (Lipinski definition) is 0. The molecule has 9 heteroatoms. The number of halogens is 5. The second-order valence-corrected chi connectivity index (χ2v) is 13.9. The number of benzene rings is 4. The van der Waals surface area contributed by atoms with E-state index in [1.54, 1.807) is 4.90 Å². The Balaban J connectivity index is 1.41. The zero-order chi connectivity index (χ0) is 33.9. The fraction of sp³-hybridized carbons (Fsp3) is 0.342. The molecular formula is C38H40ClF4N2OS+. The van der Waals surface area contributed by atoms with E-state index in [-0.39, 0.29) is 21.1 Å². The molecule has 0 saturated carbocycles. The summed E-state index contributed by atoms with van der Waals surface area (Å²) in [6.45, 7) is 13.0. The molecule has 1 heterocycles. The highest BCUT2D eigenvalue weighted by Gasteiger charge is 2.36. The van der Waals surface area contributed by atoms with Crippen LogP contribution in [0.1, 0.15) is 64.2 Å². The maximum Gasteiger partial charge on any atom is 0.417 e. The van der Waals surface area contributed by atoms with Gasteiger partial charge in [0.25, 0.3) is 5.91 Å². The molecule has 0 bridgehead atoms. The molecule has 0 radical (unpaired) electrons. The third kappa shape index (κ3) is 7.82. The first-order valence-electron chi connectivity index (χ1n) is 16.0. The van der Waals surface area contributed by atoms with Crippen molar-refractivity contribution < 1.29 is 26.8 Å². The first-order chi connectivity index (χ1) is 22.3. The Hall–Kier alpha value is -3.46. The van der Waals surface area contributed by atoms with Gasteiger partial charge >= 0.3 is 6.18 Å². The Morgan fingerprint density at radius 1 is 0.872 bits per heavy atom. The standard InChI is InChI=1S/C38H40ClF4N2OS/c1-5-45(6-2,24-28-20-25(3)19-26(4)21-28)18-10-9-17-44(23-27-13-14-29-11-7-8-12-30(29)22-27)37(46)36-34(39)33-31(38(41,42)43)15-16-32(40)35(33)47-36/h7-8,11-16,19-22H,5-6,9-10,17-18,23-24H2,1-4H3/q+1. The van der Waals surface area contributed by atoms with Crippen molar-refractivity contribution in [2.24, 2.45) is 0 Å². The SMILES string of the molecule is CC[N+](CC)(CCCCN(Cc1ccc2ccccc2c1)C(=O)c1sc2c(F)ccc(C(F)(F)F)c2c1Cl)Cc1cc(C)cc(C)c1. The van der Waals surface area contributed by atoms with Gasteiger partial charge in [0.05, 0.1) is 34.9 Å². The molecule has 5 aromatic rings. The van der Waals surface area contributed by atoms with Gasteiger partial charge in [0, 0.05) is 24.0 Å². The number of carbonyl (C=O) groups excluding carboxylic acids is 1. The molecule has 0 atom stereocenters. The van der Waals surface area contributed by atoms with Crippen LogP contribution in [0.15, 0.2) is 72.8 Å². The molecule has 1 amide bonds. The monoisotopic (exact) mass is 683 g/mol. The minimum absolute atomic E-state index is 0.0832. The summed E-state index contributed by atoms with van der Waals surface area (Å²) in [6.07, 6.45) is -3.21. The topological polar surface area (TPSA) is 20.3 Å². The number of alkyl halides is 3. The number of unbranched alkanes of at least 4 members (excludes halogenated alkanes) is 1. The lowest BCUT2D eigenvalue weighted by Gasteiger charge is -2.37. The number of nitrogens with zero attached hydrogens (tertiary/aromatic N) is 2. The lowest BCUT2D eigenvalue weighted by molar-refractivity contribution is -0.938. The fourth-order valence-corrected chi connectivity index (χ4v) is 8.14. The molecule has 0 saturated heterocycles. The number of thiophene rings is 1. The van der Waals surface area contributed by atoms with Crippen LogP contribution in [-0.2, 0) is 19.3 Å². The number of quaternary nitrogens is 1. The number of amides is 1. The molecule has 0 spiro atoms. The van der Waals surface area contributed by atoms with Crippen molar-refractivity contribution in [1.29, 1.82) is 0 Å². The summed E-state index contributed by atoms with van der Waals surface area (Å²) in [4.78, 5) is 15.7. The molecule has 0 aliphatic heterocycles. The van der Waals surface area contributed by atoms with Crippen LogP contribution in [0.2, 0.25) is 5.02 Å². The van der Waals surface area contributed by atoms with Gasteiger partial charge in [-0.25, -0.2) is 4.39 Å². The highest BCUT2D eigenvalue weighted by molar-refractivity contribution is 7.21. The highest BCUT2D eigenvalue weighted by Crippen LogP contribution is 2.45.